The van der Waals surface area contributed by atoms with Crippen LogP contribution in [-0.4, -0.2) is 4.57 Å². The Balaban J connectivity index is 0.949. The number of para-hydroxylation sites is 6. The van der Waals surface area contributed by atoms with E-state index in [1.165, 1.54) is 83.3 Å². The Labute approximate surface area is 443 Å². The molecule has 15 rings (SSSR count). The predicted molar refractivity (Wildman–Crippen MR) is 317 cm³/mol. The van der Waals surface area contributed by atoms with Crippen molar-refractivity contribution in [2.75, 3.05) is 9.80 Å². The van der Waals surface area contributed by atoms with E-state index in [9.17, 15) is 0 Å². The fourth-order valence-corrected chi connectivity index (χ4v) is 12.8. The summed E-state index contributed by atoms with van der Waals surface area (Å²) in [6, 6.07) is 109. The first-order chi connectivity index (χ1) is 37.7. The average molecular weight is 968 g/mol. The maximum Gasteiger partial charge on any atom is 0.0755 e. The Morgan fingerprint density at radius 3 is 1.54 bits per heavy atom. The normalized spacial score (nSPS) is 12.8. The van der Waals surface area contributed by atoms with Crippen molar-refractivity contribution in [3.8, 4) is 50.2 Å². The second-order valence-corrected chi connectivity index (χ2v) is 20.0. The molecule has 2 heterocycles. The van der Waals surface area contributed by atoms with E-state index in [2.05, 4.69) is 312 Å². The van der Waals surface area contributed by atoms with E-state index in [4.69, 9.17) is 0 Å². The molecule has 356 valence electrons. The highest BCUT2D eigenvalue weighted by atomic mass is 15.2. The van der Waals surface area contributed by atoms with Crippen LogP contribution >= 0.6 is 0 Å². The maximum absolute atomic E-state index is 2.52. The molecule has 2 aliphatic rings. The largest absolute Gasteiger partial charge is 0.310 e. The van der Waals surface area contributed by atoms with E-state index in [0.29, 0.717) is 0 Å². The van der Waals surface area contributed by atoms with Crippen molar-refractivity contribution < 1.29 is 0 Å². The molecule has 76 heavy (non-hydrogen) atoms. The number of aromatic nitrogens is 1. The molecule has 1 aromatic heterocycles. The first-order valence-corrected chi connectivity index (χ1v) is 26.3. The van der Waals surface area contributed by atoms with Gasteiger partial charge in [0.05, 0.1) is 39.2 Å². The molecular formula is C73H49N3. The molecule has 1 aliphatic carbocycles. The number of hydrogen-bond donors (Lipinski definition) is 0. The van der Waals surface area contributed by atoms with Gasteiger partial charge >= 0.3 is 0 Å². The topological polar surface area (TPSA) is 11.4 Å². The fraction of sp³-hybridized carbons (Fsp3) is 0.0137. The minimum Gasteiger partial charge on any atom is -0.310 e. The Morgan fingerprint density at radius 1 is 0.289 bits per heavy atom. The minimum absolute atomic E-state index is 0.609. The Morgan fingerprint density at radius 2 is 0.789 bits per heavy atom. The van der Waals surface area contributed by atoms with Crippen LogP contribution in [0.2, 0.25) is 0 Å². The van der Waals surface area contributed by atoms with E-state index < -0.39 is 5.41 Å². The molecule has 3 nitrogen and oxygen atoms in total. The second kappa shape index (κ2) is 17.6. The quantitative estimate of drug-likeness (QED) is 0.150. The minimum atomic E-state index is -0.609. The van der Waals surface area contributed by atoms with Gasteiger partial charge in [0.15, 0.2) is 0 Å². The molecule has 0 bridgehead atoms. The summed E-state index contributed by atoms with van der Waals surface area (Å²) >= 11 is 0. The van der Waals surface area contributed by atoms with Gasteiger partial charge in [-0.2, -0.15) is 0 Å². The molecule has 0 saturated heterocycles. The van der Waals surface area contributed by atoms with Crippen LogP contribution in [0.3, 0.4) is 0 Å². The molecule has 12 aromatic carbocycles. The van der Waals surface area contributed by atoms with Gasteiger partial charge in [0.2, 0.25) is 0 Å². The van der Waals surface area contributed by atoms with Crippen LogP contribution in [0, 0.1) is 0 Å². The predicted octanol–water partition coefficient (Wildman–Crippen LogP) is 19.4. The lowest BCUT2D eigenvalue weighted by atomic mass is 9.64. The first kappa shape index (κ1) is 43.6. The smallest absolute Gasteiger partial charge is 0.0755 e. The third-order valence-corrected chi connectivity index (χ3v) is 16.0. The Hall–Kier alpha value is -9.96. The highest BCUT2D eigenvalue weighted by molar-refractivity contribution is 6.11. The van der Waals surface area contributed by atoms with Crippen molar-refractivity contribution in [1.82, 2.24) is 4.57 Å². The summed E-state index contributed by atoms with van der Waals surface area (Å²) < 4.78 is 2.38. The lowest BCUT2D eigenvalue weighted by molar-refractivity contribution is 0.752. The van der Waals surface area contributed by atoms with Crippen molar-refractivity contribution in [3.05, 3.63) is 320 Å². The molecule has 0 fully saturated rings. The van der Waals surface area contributed by atoms with Gasteiger partial charge < -0.3 is 14.4 Å². The van der Waals surface area contributed by atoms with Crippen molar-refractivity contribution in [3.63, 3.8) is 0 Å². The van der Waals surface area contributed by atoms with E-state index in [1.54, 1.807) is 0 Å². The number of hydrogen-bond acceptors (Lipinski definition) is 2. The summed E-state index contributed by atoms with van der Waals surface area (Å²) in [6.07, 6.45) is 0. The standard InChI is InChI=1S/C73H49N3/c1-4-22-50(23-5-1)52-24-20-25-54(48-52)58-30-11-16-37-66(58)75(57-45-42-51(43-46-57)53-44-47-68-61(49-53)59-31-12-17-38-67(59)74(68)55-26-6-2-7-27-55)71-41-21-36-65-72(71)60-32-10-13-33-62(60)73(65)63-34-14-18-39-69(63)76(56-28-8-3-9-29-56)70-40-19-15-35-64(70)73/h1-49H. The zero-order chi connectivity index (χ0) is 50.2. The van der Waals surface area contributed by atoms with E-state index in [0.717, 1.165) is 45.1 Å². The van der Waals surface area contributed by atoms with Gasteiger partial charge in [-0.15, -0.1) is 0 Å². The molecule has 0 atom stereocenters. The van der Waals surface area contributed by atoms with Crippen molar-refractivity contribution in [2.24, 2.45) is 0 Å². The fourth-order valence-electron chi connectivity index (χ4n) is 12.8. The van der Waals surface area contributed by atoms with Crippen LogP contribution in [0.5, 0.6) is 0 Å². The van der Waals surface area contributed by atoms with Crippen molar-refractivity contribution >= 4 is 55.9 Å². The van der Waals surface area contributed by atoms with Crippen LogP contribution in [0.1, 0.15) is 22.3 Å². The molecule has 13 aromatic rings. The molecular weight excluding hydrogens is 919 g/mol. The lowest BCUT2D eigenvalue weighted by Crippen LogP contribution is -2.36. The molecule has 0 unspecified atom stereocenters. The first-order valence-electron chi connectivity index (χ1n) is 26.3. The van der Waals surface area contributed by atoms with Crippen molar-refractivity contribution in [2.45, 2.75) is 5.41 Å². The Bertz CT molecular complexity index is 4300. The molecule has 0 saturated carbocycles. The molecule has 0 N–H and O–H groups in total. The molecule has 0 amide bonds. The summed E-state index contributed by atoms with van der Waals surface area (Å²) in [6.45, 7) is 0. The van der Waals surface area contributed by atoms with E-state index in [1.807, 2.05) is 0 Å². The molecule has 0 radical (unpaired) electrons. The third kappa shape index (κ3) is 6.62. The molecule has 3 heteroatoms. The highest BCUT2D eigenvalue weighted by Gasteiger charge is 2.52. The maximum atomic E-state index is 2.52. The number of nitrogens with zero attached hydrogens (tertiary/aromatic N) is 3. The lowest BCUT2D eigenvalue weighted by Gasteiger charge is -2.45. The SMILES string of the molecule is c1ccc(-c2cccc(-c3ccccc3N(c3ccc(-c4ccc5c(c4)c4ccccc4n5-c4ccccc4)cc3)c3cccc4c3-c3ccccc3C43c4ccccc4N(c4ccccc4)c4ccccc43)c2)cc1. The van der Waals surface area contributed by atoms with Crippen LogP contribution < -0.4 is 9.80 Å². The zero-order valence-electron chi connectivity index (χ0n) is 41.6. The number of rotatable bonds is 8. The summed E-state index contributed by atoms with van der Waals surface area (Å²) in [4.78, 5) is 4.98. The van der Waals surface area contributed by atoms with Crippen LogP contribution in [-0.2, 0) is 5.41 Å². The second-order valence-electron chi connectivity index (χ2n) is 20.0. The van der Waals surface area contributed by atoms with Crippen molar-refractivity contribution in [1.29, 1.82) is 0 Å². The van der Waals surface area contributed by atoms with Gasteiger partial charge in [-0.3, -0.25) is 0 Å². The zero-order valence-corrected chi connectivity index (χ0v) is 41.6. The molecule has 1 aliphatic heterocycles. The third-order valence-electron chi connectivity index (χ3n) is 16.0. The average Bonchev–Trinajstić information content (AvgIpc) is 4.08. The number of fused-ring (bicyclic) bond motifs is 12. The van der Waals surface area contributed by atoms with E-state index in [-0.39, 0.29) is 0 Å². The summed E-state index contributed by atoms with van der Waals surface area (Å²) in [5.41, 5.74) is 24.3. The summed E-state index contributed by atoms with van der Waals surface area (Å²) in [5, 5.41) is 2.48. The number of anilines is 6. The van der Waals surface area contributed by atoms with Gasteiger partial charge in [0.25, 0.3) is 0 Å². The monoisotopic (exact) mass is 967 g/mol. The highest BCUT2D eigenvalue weighted by Crippen LogP contribution is 2.65. The van der Waals surface area contributed by atoms with Gasteiger partial charge in [0, 0.05) is 39.0 Å². The van der Waals surface area contributed by atoms with Gasteiger partial charge in [0.1, 0.15) is 0 Å². The van der Waals surface area contributed by atoms with Gasteiger partial charge in [-0.25, -0.2) is 0 Å². The molecule has 1 spiro atoms. The summed E-state index contributed by atoms with van der Waals surface area (Å²) in [5.74, 6) is 0. The summed E-state index contributed by atoms with van der Waals surface area (Å²) in [7, 11) is 0. The van der Waals surface area contributed by atoms with Gasteiger partial charge in [-0.05, 0) is 141 Å². The number of benzene rings is 12. The Kier molecular flexibility index (Phi) is 10.1. The van der Waals surface area contributed by atoms with Crippen LogP contribution in [0.25, 0.3) is 72.0 Å². The van der Waals surface area contributed by atoms with Crippen LogP contribution in [0.4, 0.5) is 34.1 Å². The van der Waals surface area contributed by atoms with E-state index >= 15 is 0 Å². The van der Waals surface area contributed by atoms with Crippen LogP contribution in [0.15, 0.2) is 297 Å². The van der Waals surface area contributed by atoms with Gasteiger partial charge in [-0.1, -0.05) is 212 Å².